The van der Waals surface area contributed by atoms with Crippen LogP contribution in [0.25, 0.3) is 5.69 Å². The minimum Gasteiger partial charge on any atom is -0.466 e. The molecule has 0 bridgehead atoms. The molecule has 0 spiro atoms. The molecule has 130 valence electrons. The molecular weight excluding hydrogens is 334 g/mol. The summed E-state index contributed by atoms with van der Waals surface area (Å²) in [6.07, 6.45) is 3.24. The Morgan fingerprint density at radius 1 is 1.31 bits per heavy atom. The van der Waals surface area contributed by atoms with Gasteiger partial charge in [0, 0.05) is 12.4 Å². The highest BCUT2D eigenvalue weighted by atomic mass is 16.5. The number of para-hydroxylation sites is 2. The molecule has 26 heavy (non-hydrogen) atoms. The van der Waals surface area contributed by atoms with E-state index >= 15 is 0 Å². The molecular formula is C18H15N5O3. The van der Waals surface area contributed by atoms with Gasteiger partial charge in [-0.15, -0.1) is 0 Å². The van der Waals surface area contributed by atoms with E-state index in [1.807, 2.05) is 37.4 Å². The normalized spacial score (nSPS) is 12.7. The lowest BCUT2D eigenvalue weighted by atomic mass is 10.2. The summed E-state index contributed by atoms with van der Waals surface area (Å²) in [7, 11) is 0. The largest absolute Gasteiger partial charge is 0.466 e. The fraction of sp³-hybridized carbons (Fsp3) is 0.111. The van der Waals surface area contributed by atoms with Crippen molar-refractivity contribution >= 4 is 23.2 Å². The molecule has 0 saturated carbocycles. The smallest absolute Gasteiger partial charge is 0.262 e. The predicted molar refractivity (Wildman–Crippen MR) is 94.6 cm³/mol. The Kier molecular flexibility index (Phi) is 3.85. The monoisotopic (exact) mass is 349 g/mol. The number of anilines is 2. The van der Waals surface area contributed by atoms with Gasteiger partial charge in [-0.25, -0.2) is 9.67 Å². The van der Waals surface area contributed by atoms with Crippen LogP contribution in [0.2, 0.25) is 0 Å². The Hall–Kier alpha value is -3.68. The number of carbonyl (C=O) groups is 2. The van der Waals surface area contributed by atoms with E-state index in [0.717, 1.165) is 11.4 Å². The highest BCUT2D eigenvalue weighted by Gasteiger charge is 2.19. The van der Waals surface area contributed by atoms with Crippen molar-refractivity contribution < 1.29 is 14.3 Å². The molecule has 1 aliphatic heterocycles. The minimum absolute atomic E-state index is 0.0811. The van der Waals surface area contributed by atoms with Crippen molar-refractivity contribution in [3.63, 3.8) is 0 Å². The van der Waals surface area contributed by atoms with Crippen LogP contribution >= 0.6 is 0 Å². The number of hydrogen-bond acceptors (Lipinski definition) is 5. The fourth-order valence-corrected chi connectivity index (χ4v) is 2.62. The van der Waals surface area contributed by atoms with Gasteiger partial charge in [-0.2, -0.15) is 5.10 Å². The highest BCUT2D eigenvalue weighted by Crippen LogP contribution is 2.26. The molecule has 4 rings (SSSR count). The van der Waals surface area contributed by atoms with Crippen LogP contribution in [0.5, 0.6) is 5.88 Å². The van der Waals surface area contributed by atoms with E-state index in [0.29, 0.717) is 22.8 Å². The maximum absolute atomic E-state index is 12.6. The van der Waals surface area contributed by atoms with E-state index in [2.05, 4.69) is 20.7 Å². The van der Waals surface area contributed by atoms with Crippen LogP contribution in [0.3, 0.4) is 0 Å². The lowest BCUT2D eigenvalue weighted by Gasteiger charge is -2.17. The van der Waals surface area contributed by atoms with Gasteiger partial charge in [0.25, 0.3) is 11.8 Å². The quantitative estimate of drug-likeness (QED) is 0.755. The second-order valence-electron chi connectivity index (χ2n) is 5.79. The Morgan fingerprint density at radius 3 is 2.96 bits per heavy atom. The van der Waals surface area contributed by atoms with E-state index in [9.17, 15) is 9.59 Å². The van der Waals surface area contributed by atoms with Gasteiger partial charge in [-0.3, -0.25) is 9.59 Å². The predicted octanol–water partition coefficient (Wildman–Crippen LogP) is 2.16. The third-order valence-corrected chi connectivity index (χ3v) is 3.85. The number of carbonyl (C=O) groups excluding carboxylic acids is 2. The minimum atomic E-state index is -0.351. The molecule has 0 unspecified atom stereocenters. The first kappa shape index (κ1) is 15.8. The second-order valence-corrected chi connectivity index (χ2v) is 5.79. The third kappa shape index (κ3) is 3.00. The van der Waals surface area contributed by atoms with Gasteiger partial charge in [-0.05, 0) is 31.2 Å². The number of nitrogens with zero attached hydrogens (tertiary/aromatic N) is 3. The Balaban J connectivity index is 1.61. The summed E-state index contributed by atoms with van der Waals surface area (Å²) < 4.78 is 6.90. The van der Waals surface area contributed by atoms with Crippen molar-refractivity contribution in [3.05, 3.63) is 60.0 Å². The summed E-state index contributed by atoms with van der Waals surface area (Å²) >= 11 is 0. The van der Waals surface area contributed by atoms with Gasteiger partial charge in [-0.1, -0.05) is 12.1 Å². The van der Waals surface area contributed by atoms with E-state index in [1.165, 1.54) is 12.3 Å². The summed E-state index contributed by atoms with van der Waals surface area (Å²) in [5.41, 5.74) is 2.92. The number of benzene rings is 1. The van der Waals surface area contributed by atoms with Crippen molar-refractivity contribution in [1.29, 1.82) is 0 Å². The van der Waals surface area contributed by atoms with Crippen molar-refractivity contribution in [2.45, 2.75) is 6.92 Å². The van der Waals surface area contributed by atoms with E-state index in [4.69, 9.17) is 4.74 Å². The number of pyridine rings is 1. The summed E-state index contributed by atoms with van der Waals surface area (Å²) in [5.74, 6) is -0.332. The van der Waals surface area contributed by atoms with Crippen molar-refractivity contribution in [3.8, 4) is 11.6 Å². The number of aromatic nitrogens is 3. The maximum atomic E-state index is 12.6. The molecule has 0 radical (unpaired) electrons. The lowest BCUT2D eigenvalue weighted by Crippen LogP contribution is -2.26. The van der Waals surface area contributed by atoms with Crippen LogP contribution in [-0.2, 0) is 4.79 Å². The van der Waals surface area contributed by atoms with Crippen molar-refractivity contribution in [2.24, 2.45) is 0 Å². The molecule has 0 fully saturated rings. The van der Waals surface area contributed by atoms with Crippen molar-refractivity contribution in [2.75, 3.05) is 17.2 Å². The Bertz CT molecular complexity index is 1010. The highest BCUT2D eigenvalue weighted by molar-refractivity contribution is 6.06. The van der Waals surface area contributed by atoms with Crippen LogP contribution in [-0.4, -0.2) is 33.2 Å². The molecule has 1 aromatic carbocycles. The van der Waals surface area contributed by atoms with Crippen LogP contribution in [0.4, 0.5) is 11.4 Å². The summed E-state index contributed by atoms with van der Waals surface area (Å²) in [5, 5.41) is 9.87. The molecule has 2 N–H and O–H groups in total. The zero-order valence-electron chi connectivity index (χ0n) is 13.9. The van der Waals surface area contributed by atoms with Gasteiger partial charge in [0.1, 0.15) is 5.69 Å². The molecule has 3 aromatic rings. The lowest BCUT2D eigenvalue weighted by molar-refractivity contribution is -0.118. The van der Waals surface area contributed by atoms with Crippen molar-refractivity contribution in [1.82, 2.24) is 14.8 Å². The van der Waals surface area contributed by atoms with Gasteiger partial charge in [0.05, 0.1) is 22.6 Å². The number of amides is 2. The fourth-order valence-electron chi connectivity index (χ4n) is 2.62. The molecule has 1 aliphatic rings. The van der Waals surface area contributed by atoms with Crippen LogP contribution < -0.4 is 15.4 Å². The number of ether oxygens (including phenoxy) is 1. The maximum Gasteiger partial charge on any atom is 0.262 e. The molecule has 0 saturated heterocycles. The van der Waals surface area contributed by atoms with Gasteiger partial charge in [0.15, 0.2) is 6.61 Å². The van der Waals surface area contributed by atoms with Gasteiger partial charge in [0.2, 0.25) is 5.88 Å². The molecule has 8 heteroatoms. The first-order chi connectivity index (χ1) is 12.6. The standard InChI is InChI=1S/C18H15N5O3/c1-11-6-7-23(22-11)15-5-3-2-4-13(15)21-17(25)12-8-14-18(19-9-12)26-10-16(24)20-14/h2-9H,10H2,1H3,(H,20,24)(H,21,25). The number of nitrogens with one attached hydrogen (secondary N) is 2. The Morgan fingerprint density at radius 2 is 2.15 bits per heavy atom. The number of aryl methyl sites for hydroxylation is 1. The zero-order chi connectivity index (χ0) is 18.1. The number of rotatable bonds is 3. The Labute approximate surface area is 148 Å². The van der Waals surface area contributed by atoms with Crippen LogP contribution in [0.15, 0.2) is 48.8 Å². The zero-order valence-corrected chi connectivity index (χ0v) is 13.9. The van der Waals surface area contributed by atoms with Gasteiger partial charge < -0.3 is 15.4 Å². The SMILES string of the molecule is Cc1ccn(-c2ccccc2NC(=O)c2cnc3c(c2)NC(=O)CO3)n1. The molecule has 2 aromatic heterocycles. The molecule has 8 nitrogen and oxygen atoms in total. The number of hydrogen-bond donors (Lipinski definition) is 2. The van der Waals surface area contributed by atoms with E-state index in [-0.39, 0.29) is 18.4 Å². The average Bonchev–Trinajstić information content (AvgIpc) is 3.07. The topological polar surface area (TPSA) is 98.1 Å². The van der Waals surface area contributed by atoms with E-state index in [1.54, 1.807) is 10.7 Å². The average molecular weight is 349 g/mol. The molecule has 0 aliphatic carbocycles. The number of fused-ring (bicyclic) bond motifs is 1. The molecule has 3 heterocycles. The molecule has 2 amide bonds. The second kappa shape index (κ2) is 6.32. The van der Waals surface area contributed by atoms with Crippen LogP contribution in [0, 0.1) is 6.92 Å². The summed E-state index contributed by atoms with van der Waals surface area (Å²) in [6, 6.07) is 10.8. The summed E-state index contributed by atoms with van der Waals surface area (Å²) in [4.78, 5) is 28.1. The van der Waals surface area contributed by atoms with E-state index < -0.39 is 0 Å². The first-order valence-corrected chi connectivity index (χ1v) is 7.96. The summed E-state index contributed by atoms with van der Waals surface area (Å²) in [6.45, 7) is 1.81. The first-order valence-electron chi connectivity index (χ1n) is 7.96. The van der Waals surface area contributed by atoms with Gasteiger partial charge >= 0.3 is 0 Å². The van der Waals surface area contributed by atoms with Crippen LogP contribution in [0.1, 0.15) is 16.1 Å². The molecule has 0 atom stereocenters. The third-order valence-electron chi connectivity index (χ3n) is 3.85.